The summed E-state index contributed by atoms with van der Waals surface area (Å²) in [5.74, 6) is -0.565. The van der Waals surface area contributed by atoms with Crippen molar-refractivity contribution in [2.24, 2.45) is 0 Å². The number of benzene rings is 2. The van der Waals surface area contributed by atoms with E-state index in [1.165, 1.54) is 11.3 Å². The van der Waals surface area contributed by atoms with Crippen LogP contribution in [0.5, 0.6) is 0 Å². The van der Waals surface area contributed by atoms with E-state index in [1.807, 2.05) is 24.3 Å². The molecule has 3 nitrogen and oxygen atoms in total. The summed E-state index contributed by atoms with van der Waals surface area (Å²) in [6, 6.07) is 12.5. The van der Waals surface area contributed by atoms with Gasteiger partial charge in [-0.1, -0.05) is 24.8 Å². The largest absolute Gasteiger partial charge is 0.432 e. The zero-order valence-corrected chi connectivity index (χ0v) is 11.3. The van der Waals surface area contributed by atoms with Crippen molar-refractivity contribution >= 4 is 37.5 Å². The molecule has 0 spiro atoms. The SMILES string of the molecule is C=COC(=O)c1cccc2sc3ccccc3c(=O)c12. The number of hydrogen-bond donors (Lipinski definition) is 0. The lowest BCUT2D eigenvalue weighted by atomic mass is 10.1. The number of hydrogen-bond acceptors (Lipinski definition) is 4. The summed E-state index contributed by atoms with van der Waals surface area (Å²) >= 11 is 1.48. The van der Waals surface area contributed by atoms with Gasteiger partial charge in [0.15, 0.2) is 5.43 Å². The van der Waals surface area contributed by atoms with Crippen molar-refractivity contribution in [1.29, 1.82) is 0 Å². The molecule has 0 unspecified atom stereocenters. The van der Waals surface area contributed by atoms with Gasteiger partial charge in [0.05, 0.1) is 17.2 Å². The number of rotatable bonds is 2. The Bertz CT molecular complexity index is 893. The number of carbonyl (C=O) groups is 1. The third-order valence-corrected chi connectivity index (χ3v) is 4.15. The van der Waals surface area contributed by atoms with Crippen LogP contribution in [0.25, 0.3) is 20.2 Å². The van der Waals surface area contributed by atoms with E-state index in [-0.39, 0.29) is 11.0 Å². The van der Waals surface area contributed by atoms with E-state index >= 15 is 0 Å². The molecule has 2 aromatic carbocycles. The molecule has 20 heavy (non-hydrogen) atoms. The Labute approximate surface area is 118 Å². The number of carbonyl (C=O) groups excluding carboxylic acids is 1. The van der Waals surface area contributed by atoms with Gasteiger partial charge in [0.25, 0.3) is 0 Å². The number of esters is 1. The Morgan fingerprint density at radius 1 is 1.10 bits per heavy atom. The fourth-order valence-corrected chi connectivity index (χ4v) is 3.26. The third-order valence-electron chi connectivity index (χ3n) is 3.02. The molecule has 1 heterocycles. The maximum absolute atomic E-state index is 12.6. The minimum Gasteiger partial charge on any atom is -0.432 e. The highest BCUT2D eigenvalue weighted by Crippen LogP contribution is 2.26. The van der Waals surface area contributed by atoms with Crippen LogP contribution in [-0.4, -0.2) is 5.97 Å². The molecule has 0 aliphatic rings. The van der Waals surface area contributed by atoms with Crippen LogP contribution in [0.15, 0.2) is 60.1 Å². The minimum absolute atomic E-state index is 0.147. The minimum atomic E-state index is -0.565. The van der Waals surface area contributed by atoms with Crippen molar-refractivity contribution in [3.05, 3.63) is 71.1 Å². The zero-order valence-electron chi connectivity index (χ0n) is 10.5. The van der Waals surface area contributed by atoms with Crippen LogP contribution in [0.4, 0.5) is 0 Å². The summed E-state index contributed by atoms with van der Waals surface area (Å²) in [5, 5.41) is 1.02. The first-order valence-electron chi connectivity index (χ1n) is 5.99. The molecule has 3 rings (SSSR count). The first-order valence-corrected chi connectivity index (χ1v) is 6.80. The third kappa shape index (κ3) is 1.90. The molecule has 3 aromatic rings. The van der Waals surface area contributed by atoms with E-state index in [2.05, 4.69) is 6.58 Å². The molecule has 0 atom stereocenters. The number of fused-ring (bicyclic) bond motifs is 2. The summed E-state index contributed by atoms with van der Waals surface area (Å²) in [5.41, 5.74) is 0.125. The van der Waals surface area contributed by atoms with Gasteiger partial charge >= 0.3 is 5.97 Å². The van der Waals surface area contributed by atoms with Crippen LogP contribution in [-0.2, 0) is 4.74 Å². The summed E-state index contributed by atoms with van der Waals surface area (Å²) in [4.78, 5) is 24.5. The van der Waals surface area contributed by atoms with Crippen molar-refractivity contribution in [1.82, 2.24) is 0 Å². The second kappa shape index (κ2) is 4.90. The van der Waals surface area contributed by atoms with Crippen LogP contribution < -0.4 is 5.43 Å². The van der Waals surface area contributed by atoms with Crippen LogP contribution >= 0.6 is 11.3 Å². The van der Waals surface area contributed by atoms with E-state index in [0.29, 0.717) is 10.8 Å². The second-order valence-corrected chi connectivity index (χ2v) is 5.26. The molecule has 0 aliphatic heterocycles. The molecule has 0 saturated carbocycles. The van der Waals surface area contributed by atoms with Crippen LogP contribution in [0.2, 0.25) is 0 Å². The Balaban J connectivity index is 2.44. The van der Waals surface area contributed by atoms with Gasteiger partial charge in [-0.3, -0.25) is 4.79 Å². The molecule has 0 aliphatic carbocycles. The number of ether oxygens (including phenoxy) is 1. The van der Waals surface area contributed by atoms with E-state index in [0.717, 1.165) is 15.7 Å². The van der Waals surface area contributed by atoms with Gasteiger partial charge in [-0.15, -0.1) is 11.3 Å². The highest BCUT2D eigenvalue weighted by Gasteiger charge is 2.15. The predicted molar refractivity (Wildman–Crippen MR) is 81.2 cm³/mol. The molecule has 0 N–H and O–H groups in total. The molecular weight excluding hydrogens is 272 g/mol. The van der Waals surface area contributed by atoms with Gasteiger partial charge in [-0.2, -0.15) is 0 Å². The van der Waals surface area contributed by atoms with Gasteiger partial charge in [0, 0.05) is 14.8 Å². The van der Waals surface area contributed by atoms with Gasteiger partial charge < -0.3 is 4.74 Å². The summed E-state index contributed by atoms with van der Waals surface area (Å²) in [6.45, 7) is 3.36. The van der Waals surface area contributed by atoms with Crippen molar-refractivity contribution in [2.75, 3.05) is 0 Å². The summed E-state index contributed by atoms with van der Waals surface area (Å²) in [6.07, 6.45) is 1.07. The lowest BCUT2D eigenvalue weighted by Gasteiger charge is -2.05. The zero-order chi connectivity index (χ0) is 14.1. The fraction of sp³-hybridized carbons (Fsp3) is 0. The van der Waals surface area contributed by atoms with Gasteiger partial charge in [-0.05, 0) is 24.3 Å². The van der Waals surface area contributed by atoms with Crippen LogP contribution in [0, 0.1) is 0 Å². The molecule has 0 saturated heterocycles. The maximum Gasteiger partial charge on any atom is 0.343 e. The van der Waals surface area contributed by atoms with Gasteiger partial charge in [0.1, 0.15) is 0 Å². The van der Waals surface area contributed by atoms with Gasteiger partial charge in [0.2, 0.25) is 0 Å². The molecule has 4 heteroatoms. The quantitative estimate of drug-likeness (QED) is 0.409. The average molecular weight is 282 g/mol. The van der Waals surface area contributed by atoms with Crippen molar-refractivity contribution in [3.63, 3.8) is 0 Å². The average Bonchev–Trinajstić information content (AvgIpc) is 2.47. The monoisotopic (exact) mass is 282 g/mol. The lowest BCUT2D eigenvalue weighted by molar-refractivity contribution is 0.0666. The Hall–Kier alpha value is -2.46. The smallest absolute Gasteiger partial charge is 0.343 e. The first kappa shape index (κ1) is 12.6. The Morgan fingerprint density at radius 3 is 2.65 bits per heavy atom. The maximum atomic E-state index is 12.6. The van der Waals surface area contributed by atoms with E-state index in [4.69, 9.17) is 4.74 Å². The molecule has 98 valence electrons. The summed E-state index contributed by atoms with van der Waals surface area (Å²) < 4.78 is 6.47. The Kier molecular flexibility index (Phi) is 3.08. The normalized spacial score (nSPS) is 10.6. The molecular formula is C16H10O3S. The topological polar surface area (TPSA) is 43.4 Å². The lowest BCUT2D eigenvalue weighted by Crippen LogP contribution is -2.09. The van der Waals surface area contributed by atoms with Gasteiger partial charge in [-0.25, -0.2) is 4.79 Å². The van der Waals surface area contributed by atoms with E-state index in [9.17, 15) is 9.59 Å². The Morgan fingerprint density at radius 2 is 1.85 bits per heavy atom. The van der Waals surface area contributed by atoms with Crippen molar-refractivity contribution in [2.45, 2.75) is 0 Å². The molecule has 1 aromatic heterocycles. The van der Waals surface area contributed by atoms with Crippen LogP contribution in [0.3, 0.4) is 0 Å². The molecule has 0 radical (unpaired) electrons. The predicted octanol–water partition coefficient (Wildman–Crippen LogP) is 3.72. The molecule has 0 amide bonds. The highest BCUT2D eigenvalue weighted by atomic mass is 32.1. The molecule has 0 fully saturated rings. The van der Waals surface area contributed by atoms with Crippen molar-refractivity contribution in [3.8, 4) is 0 Å². The standard InChI is InChI=1S/C16H10O3S/c1-2-19-16(18)11-7-5-9-13-14(11)15(17)10-6-3-4-8-12(10)20-13/h2-9H,1H2. The molecule has 0 bridgehead atoms. The van der Waals surface area contributed by atoms with Crippen LogP contribution in [0.1, 0.15) is 10.4 Å². The van der Waals surface area contributed by atoms with Crippen molar-refractivity contribution < 1.29 is 9.53 Å². The van der Waals surface area contributed by atoms with E-state index in [1.54, 1.807) is 18.2 Å². The second-order valence-electron chi connectivity index (χ2n) is 4.18. The van der Waals surface area contributed by atoms with E-state index < -0.39 is 5.97 Å². The fourth-order valence-electron chi connectivity index (χ4n) is 2.16. The first-order chi connectivity index (χ1) is 9.72. The highest BCUT2D eigenvalue weighted by molar-refractivity contribution is 7.24. The summed E-state index contributed by atoms with van der Waals surface area (Å²) in [7, 11) is 0.